The summed E-state index contributed by atoms with van der Waals surface area (Å²) in [5, 5.41) is 12.6. The first-order valence-electron chi connectivity index (χ1n) is 9.53. The lowest BCUT2D eigenvalue weighted by molar-refractivity contribution is -0.117. The number of benzene rings is 1. The summed E-state index contributed by atoms with van der Waals surface area (Å²) in [4.78, 5) is 17.2. The number of amides is 1. The number of carbonyl (C=O) groups is 1. The van der Waals surface area contributed by atoms with E-state index in [9.17, 15) is 9.90 Å². The minimum Gasteiger partial charge on any atom is -0.395 e. The van der Waals surface area contributed by atoms with Crippen LogP contribution in [0, 0.1) is 13.8 Å². The third-order valence-corrected chi connectivity index (χ3v) is 5.66. The molecule has 2 unspecified atom stereocenters. The number of hydrogen-bond donors (Lipinski definition) is 2. The van der Waals surface area contributed by atoms with Crippen LogP contribution >= 0.6 is 0 Å². The highest BCUT2D eigenvalue weighted by atomic mass is 16.3. The van der Waals surface area contributed by atoms with E-state index in [4.69, 9.17) is 0 Å². The van der Waals surface area contributed by atoms with Crippen LogP contribution in [0.5, 0.6) is 0 Å². The van der Waals surface area contributed by atoms with Crippen molar-refractivity contribution in [2.24, 2.45) is 0 Å². The Labute approximate surface area is 151 Å². The van der Waals surface area contributed by atoms with Gasteiger partial charge in [0.2, 0.25) is 5.91 Å². The summed E-state index contributed by atoms with van der Waals surface area (Å²) >= 11 is 0. The first-order chi connectivity index (χ1) is 12.1. The molecule has 5 nitrogen and oxygen atoms in total. The quantitative estimate of drug-likeness (QED) is 0.830. The van der Waals surface area contributed by atoms with Gasteiger partial charge in [-0.15, -0.1) is 0 Å². The second kappa shape index (κ2) is 8.30. The van der Waals surface area contributed by atoms with Crippen molar-refractivity contribution < 1.29 is 9.90 Å². The number of likely N-dealkylation sites (tertiary alicyclic amines) is 2. The number of nitrogens with one attached hydrogen (secondary N) is 1. The van der Waals surface area contributed by atoms with Crippen molar-refractivity contribution in [3.05, 3.63) is 29.3 Å². The van der Waals surface area contributed by atoms with Crippen LogP contribution in [0.25, 0.3) is 0 Å². The van der Waals surface area contributed by atoms with Gasteiger partial charge in [-0.1, -0.05) is 17.7 Å². The second-order valence-electron chi connectivity index (χ2n) is 7.61. The number of nitrogens with zero attached hydrogens (tertiary/aromatic N) is 2. The minimum absolute atomic E-state index is 0.0685. The lowest BCUT2D eigenvalue weighted by Gasteiger charge is -2.31. The van der Waals surface area contributed by atoms with Crippen LogP contribution in [-0.4, -0.2) is 65.7 Å². The maximum Gasteiger partial charge on any atom is 0.238 e. The maximum atomic E-state index is 12.5. The van der Waals surface area contributed by atoms with E-state index < -0.39 is 0 Å². The van der Waals surface area contributed by atoms with Crippen molar-refractivity contribution in [2.45, 2.75) is 51.6 Å². The van der Waals surface area contributed by atoms with Gasteiger partial charge in [0.25, 0.3) is 0 Å². The Morgan fingerprint density at radius 3 is 2.60 bits per heavy atom. The average molecular weight is 345 g/mol. The molecule has 0 aromatic heterocycles. The molecule has 2 heterocycles. The van der Waals surface area contributed by atoms with Crippen molar-refractivity contribution in [1.29, 1.82) is 0 Å². The molecule has 2 aliphatic rings. The Bertz CT molecular complexity index is 605. The molecule has 1 aromatic rings. The van der Waals surface area contributed by atoms with Crippen molar-refractivity contribution in [3.8, 4) is 0 Å². The summed E-state index contributed by atoms with van der Waals surface area (Å²) in [6, 6.07) is 6.85. The standard InChI is InChI=1S/C20H31N3O2/c1-15-7-8-19(16(2)11-15)21-20(25)13-23-10-3-5-17(23)12-22-9-4-6-18(22)14-24/h7-8,11,17-18,24H,3-6,9-10,12-14H2,1-2H3,(H,21,25). The molecule has 2 saturated heterocycles. The number of aliphatic hydroxyl groups is 1. The SMILES string of the molecule is Cc1ccc(NC(=O)CN2CCCC2CN2CCCC2CO)c(C)c1. The van der Waals surface area contributed by atoms with Gasteiger partial charge >= 0.3 is 0 Å². The number of aliphatic hydroxyl groups excluding tert-OH is 1. The molecular weight excluding hydrogens is 314 g/mol. The van der Waals surface area contributed by atoms with Crippen LogP contribution in [0.2, 0.25) is 0 Å². The Morgan fingerprint density at radius 1 is 1.16 bits per heavy atom. The largest absolute Gasteiger partial charge is 0.395 e. The van der Waals surface area contributed by atoms with Crippen LogP contribution in [0.15, 0.2) is 18.2 Å². The van der Waals surface area contributed by atoms with Gasteiger partial charge in [0, 0.05) is 24.3 Å². The molecule has 25 heavy (non-hydrogen) atoms. The van der Waals surface area contributed by atoms with E-state index in [0.29, 0.717) is 18.6 Å². The highest BCUT2D eigenvalue weighted by Crippen LogP contribution is 2.23. The van der Waals surface area contributed by atoms with Crippen LogP contribution in [0.1, 0.15) is 36.8 Å². The molecular formula is C20H31N3O2. The van der Waals surface area contributed by atoms with E-state index in [0.717, 1.165) is 50.1 Å². The van der Waals surface area contributed by atoms with Gasteiger partial charge in [0.1, 0.15) is 0 Å². The number of carbonyl (C=O) groups excluding carboxylic acids is 1. The van der Waals surface area contributed by atoms with E-state index in [-0.39, 0.29) is 12.5 Å². The van der Waals surface area contributed by atoms with Crippen molar-refractivity contribution in [3.63, 3.8) is 0 Å². The van der Waals surface area contributed by atoms with Gasteiger partial charge in [-0.05, 0) is 64.3 Å². The monoisotopic (exact) mass is 345 g/mol. The highest BCUT2D eigenvalue weighted by molar-refractivity contribution is 5.93. The molecule has 5 heteroatoms. The van der Waals surface area contributed by atoms with Crippen LogP contribution < -0.4 is 5.32 Å². The Morgan fingerprint density at radius 2 is 1.88 bits per heavy atom. The zero-order chi connectivity index (χ0) is 17.8. The molecule has 0 radical (unpaired) electrons. The normalized spacial score (nSPS) is 24.8. The lowest BCUT2D eigenvalue weighted by Crippen LogP contribution is -2.45. The van der Waals surface area contributed by atoms with E-state index in [1.165, 1.54) is 12.0 Å². The zero-order valence-electron chi connectivity index (χ0n) is 15.5. The van der Waals surface area contributed by atoms with Crippen LogP contribution in [0.3, 0.4) is 0 Å². The zero-order valence-corrected chi connectivity index (χ0v) is 15.5. The summed E-state index contributed by atoms with van der Waals surface area (Å²) in [7, 11) is 0. The van der Waals surface area contributed by atoms with Crippen molar-refractivity contribution >= 4 is 11.6 Å². The van der Waals surface area contributed by atoms with Crippen molar-refractivity contribution in [1.82, 2.24) is 9.80 Å². The number of hydrogen-bond acceptors (Lipinski definition) is 4. The number of aryl methyl sites for hydroxylation is 2. The summed E-state index contributed by atoms with van der Waals surface area (Å²) in [6.07, 6.45) is 4.56. The minimum atomic E-state index is 0.0685. The summed E-state index contributed by atoms with van der Waals surface area (Å²) in [5.74, 6) is 0.0685. The van der Waals surface area contributed by atoms with E-state index in [1.54, 1.807) is 0 Å². The molecule has 1 amide bonds. The predicted octanol–water partition coefficient (Wildman–Crippen LogP) is 2.16. The summed E-state index contributed by atoms with van der Waals surface area (Å²) in [5.41, 5.74) is 3.22. The molecule has 2 atom stereocenters. The maximum absolute atomic E-state index is 12.5. The number of anilines is 1. The molecule has 2 fully saturated rings. The van der Waals surface area contributed by atoms with E-state index in [1.807, 2.05) is 19.1 Å². The second-order valence-corrected chi connectivity index (χ2v) is 7.61. The molecule has 2 N–H and O–H groups in total. The Kier molecular flexibility index (Phi) is 6.10. The molecule has 2 aliphatic heterocycles. The highest BCUT2D eigenvalue weighted by Gasteiger charge is 2.32. The third kappa shape index (κ3) is 4.60. The molecule has 0 aliphatic carbocycles. The molecule has 0 saturated carbocycles. The Balaban J connectivity index is 1.54. The van der Waals surface area contributed by atoms with Gasteiger partial charge < -0.3 is 10.4 Å². The Hall–Kier alpha value is -1.43. The fraction of sp³-hybridized carbons (Fsp3) is 0.650. The first-order valence-corrected chi connectivity index (χ1v) is 9.53. The van der Waals surface area contributed by atoms with E-state index >= 15 is 0 Å². The molecule has 1 aromatic carbocycles. The summed E-state index contributed by atoms with van der Waals surface area (Å²) in [6.45, 7) is 7.83. The number of rotatable bonds is 6. The fourth-order valence-electron chi connectivity index (χ4n) is 4.25. The van der Waals surface area contributed by atoms with Gasteiger partial charge in [0.05, 0.1) is 13.2 Å². The average Bonchev–Trinajstić information content (AvgIpc) is 3.20. The topological polar surface area (TPSA) is 55.8 Å². The summed E-state index contributed by atoms with van der Waals surface area (Å²) < 4.78 is 0. The van der Waals surface area contributed by atoms with E-state index in [2.05, 4.69) is 28.1 Å². The fourth-order valence-corrected chi connectivity index (χ4v) is 4.25. The lowest BCUT2D eigenvalue weighted by atomic mass is 10.1. The first kappa shape index (κ1) is 18.4. The van der Waals surface area contributed by atoms with Gasteiger partial charge in [-0.2, -0.15) is 0 Å². The van der Waals surface area contributed by atoms with Gasteiger partial charge in [-0.3, -0.25) is 14.6 Å². The van der Waals surface area contributed by atoms with Gasteiger partial charge in [0.15, 0.2) is 0 Å². The van der Waals surface area contributed by atoms with Crippen LogP contribution in [0.4, 0.5) is 5.69 Å². The predicted molar refractivity (Wildman–Crippen MR) is 101 cm³/mol. The third-order valence-electron chi connectivity index (χ3n) is 5.66. The molecule has 138 valence electrons. The smallest absolute Gasteiger partial charge is 0.238 e. The van der Waals surface area contributed by atoms with Gasteiger partial charge in [-0.25, -0.2) is 0 Å². The van der Waals surface area contributed by atoms with Crippen molar-refractivity contribution in [2.75, 3.05) is 38.1 Å². The molecule has 0 spiro atoms. The molecule has 3 rings (SSSR count). The van der Waals surface area contributed by atoms with Crippen LogP contribution in [-0.2, 0) is 4.79 Å². The molecule has 0 bridgehead atoms.